The van der Waals surface area contributed by atoms with Crippen molar-refractivity contribution < 1.29 is 14.3 Å². The van der Waals surface area contributed by atoms with Crippen molar-refractivity contribution in [2.24, 2.45) is 0 Å². The minimum atomic E-state index is -0.222. The molecule has 7 heteroatoms. The third-order valence-electron chi connectivity index (χ3n) is 4.70. The summed E-state index contributed by atoms with van der Waals surface area (Å²) in [6.07, 6.45) is 2.53. The van der Waals surface area contributed by atoms with Crippen LogP contribution in [-0.4, -0.2) is 41.0 Å². The zero-order chi connectivity index (χ0) is 21.5. The molecule has 0 unspecified atom stereocenters. The number of aromatic nitrogens is 2. The Morgan fingerprint density at radius 2 is 2.03 bits per heavy atom. The summed E-state index contributed by atoms with van der Waals surface area (Å²) in [6, 6.07) is 12.7. The molecule has 7 nitrogen and oxygen atoms in total. The minimum absolute atomic E-state index is 0.150. The number of carbonyl (C=O) groups excluding carboxylic acids is 1. The molecule has 0 saturated carbocycles. The largest absolute Gasteiger partial charge is 0.493 e. The second-order valence-electron chi connectivity index (χ2n) is 6.70. The Labute approximate surface area is 175 Å². The maximum atomic E-state index is 12.7. The van der Waals surface area contributed by atoms with Crippen molar-refractivity contribution in [3.8, 4) is 11.5 Å². The smallest absolute Gasteiger partial charge is 0.260 e. The Morgan fingerprint density at radius 3 is 2.77 bits per heavy atom. The minimum Gasteiger partial charge on any atom is -0.493 e. The van der Waals surface area contributed by atoms with E-state index in [1.54, 1.807) is 36.3 Å². The second kappa shape index (κ2) is 9.73. The van der Waals surface area contributed by atoms with Crippen molar-refractivity contribution in [2.75, 3.05) is 20.3 Å². The molecule has 3 rings (SSSR count). The summed E-state index contributed by atoms with van der Waals surface area (Å²) >= 11 is 0. The van der Waals surface area contributed by atoms with Crippen LogP contribution in [0.25, 0.3) is 10.9 Å². The van der Waals surface area contributed by atoms with Crippen LogP contribution in [0.4, 0.5) is 0 Å². The molecule has 0 aliphatic carbocycles. The normalized spacial score (nSPS) is 10.6. The first kappa shape index (κ1) is 21.1. The molecule has 0 aliphatic heterocycles. The van der Waals surface area contributed by atoms with Gasteiger partial charge in [0.05, 0.1) is 24.6 Å². The van der Waals surface area contributed by atoms with Crippen LogP contribution >= 0.6 is 0 Å². The quantitative estimate of drug-likeness (QED) is 0.551. The molecular formula is C23H25N3O4. The van der Waals surface area contributed by atoms with Crippen LogP contribution in [0.3, 0.4) is 0 Å². The summed E-state index contributed by atoms with van der Waals surface area (Å²) in [6.45, 7) is 6.08. The van der Waals surface area contributed by atoms with E-state index in [0.29, 0.717) is 34.8 Å². The van der Waals surface area contributed by atoms with Crippen LogP contribution < -0.4 is 15.0 Å². The fourth-order valence-corrected chi connectivity index (χ4v) is 3.12. The molecule has 0 aliphatic rings. The van der Waals surface area contributed by atoms with Crippen LogP contribution in [0.5, 0.6) is 11.5 Å². The maximum absolute atomic E-state index is 12.7. The molecule has 30 heavy (non-hydrogen) atoms. The molecular weight excluding hydrogens is 382 g/mol. The van der Waals surface area contributed by atoms with Gasteiger partial charge in [-0.1, -0.05) is 24.3 Å². The highest BCUT2D eigenvalue weighted by Crippen LogP contribution is 2.28. The van der Waals surface area contributed by atoms with E-state index in [2.05, 4.69) is 16.5 Å². The van der Waals surface area contributed by atoms with Gasteiger partial charge >= 0.3 is 0 Å². The number of methoxy groups -OCH3 is 1. The summed E-state index contributed by atoms with van der Waals surface area (Å²) in [5.74, 6) is 1.27. The van der Waals surface area contributed by atoms with Crippen molar-refractivity contribution in [1.82, 2.24) is 14.9 Å². The summed E-state index contributed by atoms with van der Waals surface area (Å²) in [5.41, 5.74) is 1.42. The molecule has 1 aromatic heterocycles. The van der Waals surface area contributed by atoms with Crippen molar-refractivity contribution in [3.63, 3.8) is 0 Å². The first-order valence-corrected chi connectivity index (χ1v) is 9.72. The van der Waals surface area contributed by atoms with Crippen LogP contribution in [0.2, 0.25) is 0 Å². The molecule has 0 bridgehead atoms. The van der Waals surface area contributed by atoms with Gasteiger partial charge in [-0.15, -0.1) is 6.58 Å². The van der Waals surface area contributed by atoms with Crippen molar-refractivity contribution in [1.29, 1.82) is 0 Å². The monoisotopic (exact) mass is 407 g/mol. The molecule has 1 N–H and O–H groups in total. The zero-order valence-corrected chi connectivity index (χ0v) is 17.2. The van der Waals surface area contributed by atoms with Gasteiger partial charge < -0.3 is 19.4 Å². The summed E-state index contributed by atoms with van der Waals surface area (Å²) in [4.78, 5) is 33.7. The van der Waals surface area contributed by atoms with Crippen molar-refractivity contribution in [2.45, 2.75) is 19.9 Å². The van der Waals surface area contributed by atoms with Gasteiger partial charge in [0, 0.05) is 6.54 Å². The predicted octanol–water partition coefficient (Wildman–Crippen LogP) is 3.09. The van der Waals surface area contributed by atoms with E-state index in [1.807, 2.05) is 31.2 Å². The van der Waals surface area contributed by atoms with Gasteiger partial charge in [-0.3, -0.25) is 9.59 Å². The van der Waals surface area contributed by atoms with Gasteiger partial charge in [0.2, 0.25) is 0 Å². The standard InChI is InChI=1S/C23H25N3O4/c1-4-8-16-11-12-19(20(13-16)29-3)30-15-22(27)26(5-2)14-21-24-18-10-7-6-9-17(18)23(28)25-21/h4,6-7,9-13H,1,5,8,14-15H2,2-3H3,(H,24,25,28). The van der Waals surface area contributed by atoms with E-state index in [-0.39, 0.29) is 24.6 Å². The molecule has 3 aromatic rings. The first-order valence-electron chi connectivity index (χ1n) is 9.72. The topological polar surface area (TPSA) is 84.5 Å². The van der Waals surface area contributed by atoms with Crippen LogP contribution in [0.1, 0.15) is 18.3 Å². The molecule has 2 aromatic carbocycles. The Kier molecular flexibility index (Phi) is 6.85. The number of rotatable bonds is 9. The average Bonchev–Trinajstić information content (AvgIpc) is 2.76. The summed E-state index contributed by atoms with van der Waals surface area (Å²) in [5, 5.41) is 0.519. The van der Waals surface area contributed by atoms with E-state index in [0.717, 1.165) is 12.0 Å². The number of carbonyl (C=O) groups is 1. The summed E-state index contributed by atoms with van der Waals surface area (Å²) < 4.78 is 11.1. The van der Waals surface area contributed by atoms with Crippen molar-refractivity contribution >= 4 is 16.8 Å². The van der Waals surface area contributed by atoms with E-state index in [4.69, 9.17) is 9.47 Å². The number of nitrogens with zero attached hydrogens (tertiary/aromatic N) is 2. The van der Waals surface area contributed by atoms with E-state index in [1.165, 1.54) is 0 Å². The van der Waals surface area contributed by atoms with Gasteiger partial charge in [0.15, 0.2) is 18.1 Å². The number of benzene rings is 2. The van der Waals surface area contributed by atoms with Gasteiger partial charge in [-0.05, 0) is 43.2 Å². The molecule has 1 heterocycles. The number of ether oxygens (including phenoxy) is 2. The van der Waals surface area contributed by atoms with E-state index in [9.17, 15) is 9.59 Å². The number of nitrogens with one attached hydrogen (secondary N) is 1. The Bertz CT molecular complexity index is 1110. The first-order chi connectivity index (χ1) is 14.5. The molecule has 0 atom stereocenters. The Morgan fingerprint density at radius 1 is 1.23 bits per heavy atom. The number of aromatic amines is 1. The Balaban J connectivity index is 1.70. The van der Waals surface area contributed by atoms with Gasteiger partial charge in [-0.25, -0.2) is 4.98 Å². The molecule has 156 valence electrons. The van der Waals surface area contributed by atoms with Crippen LogP contribution in [-0.2, 0) is 17.8 Å². The molecule has 0 saturated heterocycles. The lowest BCUT2D eigenvalue weighted by atomic mass is 10.1. The number of likely N-dealkylation sites (N-methyl/N-ethyl adjacent to an activating group) is 1. The van der Waals surface area contributed by atoms with Crippen LogP contribution in [0, 0.1) is 0 Å². The number of H-pyrrole nitrogens is 1. The maximum Gasteiger partial charge on any atom is 0.260 e. The lowest BCUT2D eigenvalue weighted by Crippen LogP contribution is -2.35. The molecule has 0 radical (unpaired) electrons. The zero-order valence-electron chi connectivity index (χ0n) is 17.2. The average molecular weight is 407 g/mol. The lowest BCUT2D eigenvalue weighted by Gasteiger charge is -2.21. The highest BCUT2D eigenvalue weighted by molar-refractivity contribution is 5.78. The third-order valence-corrected chi connectivity index (χ3v) is 4.70. The van der Waals surface area contributed by atoms with E-state index < -0.39 is 0 Å². The lowest BCUT2D eigenvalue weighted by molar-refractivity contribution is -0.133. The SMILES string of the molecule is C=CCc1ccc(OCC(=O)N(CC)Cc2nc3ccccc3c(=O)[nH]2)c(OC)c1. The highest BCUT2D eigenvalue weighted by atomic mass is 16.5. The number of para-hydroxylation sites is 1. The number of fused-ring (bicyclic) bond motifs is 1. The van der Waals surface area contributed by atoms with Gasteiger partial charge in [0.1, 0.15) is 5.82 Å². The molecule has 1 amide bonds. The highest BCUT2D eigenvalue weighted by Gasteiger charge is 2.16. The van der Waals surface area contributed by atoms with Crippen LogP contribution in [0.15, 0.2) is 59.9 Å². The molecule has 0 fully saturated rings. The third kappa shape index (κ3) is 4.86. The Hall–Kier alpha value is -3.61. The van der Waals surface area contributed by atoms with E-state index >= 15 is 0 Å². The fraction of sp³-hybridized carbons (Fsp3) is 0.261. The molecule has 0 spiro atoms. The number of allylic oxidation sites excluding steroid dienone is 1. The number of hydrogen-bond acceptors (Lipinski definition) is 5. The fourth-order valence-electron chi connectivity index (χ4n) is 3.12. The summed E-state index contributed by atoms with van der Waals surface area (Å²) in [7, 11) is 1.56. The number of amides is 1. The predicted molar refractivity (Wildman–Crippen MR) is 116 cm³/mol. The number of hydrogen-bond donors (Lipinski definition) is 1. The van der Waals surface area contributed by atoms with Gasteiger partial charge in [0.25, 0.3) is 11.5 Å². The van der Waals surface area contributed by atoms with Crippen molar-refractivity contribution in [3.05, 3.63) is 76.9 Å². The van der Waals surface area contributed by atoms with Gasteiger partial charge in [-0.2, -0.15) is 0 Å². The second-order valence-corrected chi connectivity index (χ2v) is 6.70.